The number of aromatic nitrogens is 1. The van der Waals surface area contributed by atoms with Crippen LogP contribution in [0.25, 0.3) is 0 Å². The van der Waals surface area contributed by atoms with Crippen LogP contribution in [0.4, 0.5) is 11.5 Å². The van der Waals surface area contributed by atoms with Gasteiger partial charge in [0.15, 0.2) is 0 Å². The number of nitro groups is 1. The normalized spacial score (nSPS) is 19.2. The Morgan fingerprint density at radius 1 is 1.71 bits per heavy atom. The molecule has 2 rings (SSSR count). The van der Waals surface area contributed by atoms with Crippen LogP contribution in [0.5, 0.6) is 0 Å². The first-order valence-electron chi connectivity index (χ1n) is 5.72. The minimum Gasteiger partial charge on any atom is -0.364 e. The number of hydrogen-bond donors (Lipinski definition) is 2. The van der Waals surface area contributed by atoms with Crippen LogP contribution in [0.1, 0.15) is 12.0 Å². The Kier molecular flexibility index (Phi) is 3.53. The molecule has 1 aliphatic heterocycles. The second-order valence-corrected chi connectivity index (χ2v) is 4.38. The van der Waals surface area contributed by atoms with Crippen molar-refractivity contribution in [2.24, 2.45) is 5.92 Å². The molecule has 1 aromatic rings. The molecule has 0 aliphatic carbocycles. The number of anilines is 1. The fourth-order valence-electron chi connectivity index (χ4n) is 1.96. The molecule has 0 radical (unpaired) electrons. The zero-order chi connectivity index (χ0) is 12.3. The SMILES string of the molecule is Cc1cnc(NCC2CCNC2)c([N+](=O)[O-])c1. The molecule has 6 nitrogen and oxygen atoms in total. The largest absolute Gasteiger partial charge is 0.364 e. The molecule has 17 heavy (non-hydrogen) atoms. The van der Waals surface area contributed by atoms with Crippen molar-refractivity contribution in [3.05, 3.63) is 27.9 Å². The van der Waals surface area contributed by atoms with Gasteiger partial charge < -0.3 is 10.6 Å². The third kappa shape index (κ3) is 2.91. The van der Waals surface area contributed by atoms with Crippen molar-refractivity contribution < 1.29 is 4.92 Å². The van der Waals surface area contributed by atoms with E-state index in [1.807, 2.05) is 0 Å². The van der Waals surface area contributed by atoms with Crippen LogP contribution >= 0.6 is 0 Å². The Hall–Kier alpha value is -1.69. The second-order valence-electron chi connectivity index (χ2n) is 4.38. The number of rotatable bonds is 4. The summed E-state index contributed by atoms with van der Waals surface area (Å²) in [5, 5.41) is 17.2. The molecule has 1 aromatic heterocycles. The van der Waals surface area contributed by atoms with E-state index in [1.165, 1.54) is 0 Å². The van der Waals surface area contributed by atoms with E-state index in [4.69, 9.17) is 0 Å². The monoisotopic (exact) mass is 236 g/mol. The first kappa shape index (κ1) is 11.8. The van der Waals surface area contributed by atoms with E-state index in [1.54, 1.807) is 19.2 Å². The fourth-order valence-corrected chi connectivity index (χ4v) is 1.96. The van der Waals surface area contributed by atoms with Gasteiger partial charge in [0.25, 0.3) is 0 Å². The van der Waals surface area contributed by atoms with E-state index in [0.717, 1.165) is 31.6 Å². The van der Waals surface area contributed by atoms with Gasteiger partial charge in [0.2, 0.25) is 5.82 Å². The molecule has 0 bridgehead atoms. The maximum atomic E-state index is 10.9. The minimum atomic E-state index is -0.394. The summed E-state index contributed by atoms with van der Waals surface area (Å²) in [7, 11) is 0. The summed E-state index contributed by atoms with van der Waals surface area (Å²) >= 11 is 0. The number of nitrogens with zero attached hydrogens (tertiary/aromatic N) is 2. The average molecular weight is 236 g/mol. The van der Waals surface area contributed by atoms with E-state index < -0.39 is 4.92 Å². The predicted octanol–water partition coefficient (Wildman–Crippen LogP) is 1.32. The van der Waals surface area contributed by atoms with Crippen molar-refractivity contribution in [1.29, 1.82) is 0 Å². The molecule has 0 aromatic carbocycles. The Balaban J connectivity index is 2.06. The lowest BCUT2D eigenvalue weighted by atomic mass is 10.1. The Labute approximate surface area is 99.6 Å². The van der Waals surface area contributed by atoms with Gasteiger partial charge >= 0.3 is 5.69 Å². The molecule has 2 heterocycles. The highest BCUT2D eigenvalue weighted by Crippen LogP contribution is 2.23. The van der Waals surface area contributed by atoms with Crippen LogP contribution < -0.4 is 10.6 Å². The summed E-state index contributed by atoms with van der Waals surface area (Å²) in [5.74, 6) is 0.894. The molecule has 92 valence electrons. The van der Waals surface area contributed by atoms with Crippen LogP contribution in [0.3, 0.4) is 0 Å². The van der Waals surface area contributed by atoms with E-state index in [0.29, 0.717) is 11.7 Å². The standard InChI is InChI=1S/C11H16N4O2/c1-8-4-10(15(16)17)11(13-5-8)14-7-9-2-3-12-6-9/h4-5,9,12H,2-3,6-7H2,1H3,(H,13,14). The van der Waals surface area contributed by atoms with Gasteiger partial charge in [0.1, 0.15) is 0 Å². The first-order valence-corrected chi connectivity index (χ1v) is 5.72. The van der Waals surface area contributed by atoms with Gasteiger partial charge in [-0.2, -0.15) is 0 Å². The molecule has 1 atom stereocenters. The Morgan fingerprint density at radius 3 is 3.18 bits per heavy atom. The Bertz CT molecular complexity index is 416. The molecule has 1 fully saturated rings. The lowest BCUT2D eigenvalue weighted by molar-refractivity contribution is -0.384. The van der Waals surface area contributed by atoms with Gasteiger partial charge in [-0.05, 0) is 37.9 Å². The van der Waals surface area contributed by atoms with Crippen molar-refractivity contribution in [3.8, 4) is 0 Å². The van der Waals surface area contributed by atoms with Crippen molar-refractivity contribution in [1.82, 2.24) is 10.3 Å². The highest BCUT2D eigenvalue weighted by atomic mass is 16.6. The zero-order valence-electron chi connectivity index (χ0n) is 9.77. The van der Waals surface area contributed by atoms with E-state index in [9.17, 15) is 10.1 Å². The van der Waals surface area contributed by atoms with E-state index in [2.05, 4.69) is 15.6 Å². The third-order valence-electron chi connectivity index (χ3n) is 2.92. The topological polar surface area (TPSA) is 80.1 Å². The van der Waals surface area contributed by atoms with Crippen molar-refractivity contribution >= 4 is 11.5 Å². The molecule has 0 amide bonds. The zero-order valence-corrected chi connectivity index (χ0v) is 9.77. The highest BCUT2D eigenvalue weighted by Gasteiger charge is 2.18. The van der Waals surface area contributed by atoms with E-state index in [-0.39, 0.29) is 5.69 Å². The molecule has 2 N–H and O–H groups in total. The molecular weight excluding hydrogens is 220 g/mol. The van der Waals surface area contributed by atoms with Crippen molar-refractivity contribution in [2.45, 2.75) is 13.3 Å². The van der Waals surface area contributed by atoms with Gasteiger partial charge in [-0.3, -0.25) is 10.1 Å². The van der Waals surface area contributed by atoms with Gasteiger partial charge in [0.05, 0.1) is 4.92 Å². The third-order valence-corrected chi connectivity index (χ3v) is 2.92. The fraction of sp³-hybridized carbons (Fsp3) is 0.545. The maximum Gasteiger partial charge on any atom is 0.311 e. The van der Waals surface area contributed by atoms with E-state index >= 15 is 0 Å². The van der Waals surface area contributed by atoms with Crippen molar-refractivity contribution in [2.75, 3.05) is 25.0 Å². The molecular formula is C11H16N4O2. The Morgan fingerprint density at radius 2 is 2.53 bits per heavy atom. The lowest BCUT2D eigenvalue weighted by Crippen LogP contribution is -2.18. The quantitative estimate of drug-likeness (QED) is 0.608. The summed E-state index contributed by atoms with van der Waals surface area (Å²) < 4.78 is 0. The molecule has 6 heteroatoms. The maximum absolute atomic E-state index is 10.9. The number of pyridine rings is 1. The van der Waals surface area contributed by atoms with Gasteiger partial charge in [-0.15, -0.1) is 0 Å². The van der Waals surface area contributed by atoms with Crippen LogP contribution in [0, 0.1) is 23.0 Å². The van der Waals surface area contributed by atoms with Crippen LogP contribution in [-0.4, -0.2) is 29.5 Å². The van der Waals surface area contributed by atoms with Crippen LogP contribution in [-0.2, 0) is 0 Å². The van der Waals surface area contributed by atoms with Gasteiger partial charge in [-0.25, -0.2) is 4.98 Å². The molecule has 1 saturated heterocycles. The lowest BCUT2D eigenvalue weighted by Gasteiger charge is -2.10. The molecule has 0 spiro atoms. The average Bonchev–Trinajstić information content (AvgIpc) is 2.80. The van der Waals surface area contributed by atoms with Gasteiger partial charge in [-0.1, -0.05) is 0 Å². The van der Waals surface area contributed by atoms with Crippen LogP contribution in [0.2, 0.25) is 0 Å². The summed E-state index contributed by atoms with van der Waals surface area (Å²) in [4.78, 5) is 14.6. The smallest absolute Gasteiger partial charge is 0.311 e. The molecule has 1 unspecified atom stereocenters. The molecule has 1 aliphatic rings. The van der Waals surface area contributed by atoms with Gasteiger partial charge in [0, 0.05) is 18.8 Å². The summed E-state index contributed by atoms with van der Waals surface area (Å²) in [6.45, 7) is 4.51. The number of aryl methyl sites for hydroxylation is 1. The summed E-state index contributed by atoms with van der Waals surface area (Å²) in [6, 6.07) is 1.54. The first-order chi connectivity index (χ1) is 8.16. The number of nitrogens with one attached hydrogen (secondary N) is 2. The highest BCUT2D eigenvalue weighted by molar-refractivity contribution is 5.56. The minimum absolute atomic E-state index is 0.0518. The van der Waals surface area contributed by atoms with Crippen molar-refractivity contribution in [3.63, 3.8) is 0 Å². The molecule has 0 saturated carbocycles. The summed E-state index contributed by atoms with van der Waals surface area (Å²) in [5.41, 5.74) is 0.848. The van der Waals surface area contributed by atoms with Crippen LogP contribution in [0.15, 0.2) is 12.3 Å². The second kappa shape index (κ2) is 5.09. The predicted molar refractivity (Wildman–Crippen MR) is 65.1 cm³/mol. The summed E-state index contributed by atoms with van der Waals surface area (Å²) in [6.07, 6.45) is 2.74. The number of hydrogen-bond acceptors (Lipinski definition) is 5.